The van der Waals surface area contributed by atoms with E-state index in [-0.39, 0.29) is 32.2 Å². The van der Waals surface area contributed by atoms with Crippen molar-refractivity contribution in [2.45, 2.75) is 251 Å². The zero-order chi connectivity index (χ0) is 42.8. The van der Waals surface area contributed by atoms with Crippen LogP contribution in [0, 0.1) is 0 Å². The van der Waals surface area contributed by atoms with Crippen LogP contribution in [0.1, 0.15) is 239 Å². The van der Waals surface area contributed by atoms with Gasteiger partial charge in [0.1, 0.15) is 13.2 Å². The van der Waals surface area contributed by atoms with Crippen LogP contribution in [0.2, 0.25) is 0 Å². The molecule has 344 valence electrons. The molecular weight excluding hydrogens is 731 g/mol. The summed E-state index contributed by atoms with van der Waals surface area (Å²) >= 11 is 0. The molecule has 0 aliphatic rings. The molecule has 0 fully saturated rings. The monoisotopic (exact) mass is 826 g/mol. The van der Waals surface area contributed by atoms with Gasteiger partial charge in [-0.2, -0.15) is 0 Å². The van der Waals surface area contributed by atoms with Crippen LogP contribution in [-0.2, 0) is 33.3 Å². The SMILES string of the molecule is CCCCCCCCCCCCCCCCCCCCCC(=O)OC(COC(=O)CCCCCCCCCCCCCCCC)COC(OCC[N+](C)(C)C)C(=O)[O-]. The Hall–Kier alpha value is -1.71. The predicted octanol–water partition coefficient (Wildman–Crippen LogP) is 12.0. The van der Waals surface area contributed by atoms with Crippen molar-refractivity contribution in [2.75, 3.05) is 47.5 Å². The van der Waals surface area contributed by atoms with Crippen molar-refractivity contribution in [3.05, 3.63) is 0 Å². The summed E-state index contributed by atoms with van der Waals surface area (Å²) in [6.07, 6.45) is 39.8. The first-order valence-electron chi connectivity index (χ1n) is 24.7. The molecule has 0 aliphatic heterocycles. The molecule has 0 N–H and O–H groups in total. The predicted molar refractivity (Wildman–Crippen MR) is 237 cm³/mol. The van der Waals surface area contributed by atoms with Crippen molar-refractivity contribution in [1.82, 2.24) is 0 Å². The van der Waals surface area contributed by atoms with E-state index in [0.29, 0.717) is 17.4 Å². The highest BCUT2D eigenvalue weighted by atomic mass is 16.7. The Balaban J connectivity index is 4.31. The first-order valence-corrected chi connectivity index (χ1v) is 24.7. The average Bonchev–Trinajstić information content (AvgIpc) is 3.18. The number of carboxylic acid groups (broad SMARTS) is 1. The van der Waals surface area contributed by atoms with Crippen molar-refractivity contribution in [3.8, 4) is 0 Å². The molecule has 9 heteroatoms. The fraction of sp³-hybridized carbons (Fsp3) is 0.939. The summed E-state index contributed by atoms with van der Waals surface area (Å²) in [4.78, 5) is 37.0. The lowest BCUT2D eigenvalue weighted by Crippen LogP contribution is -2.44. The number of unbranched alkanes of at least 4 members (excludes halogenated alkanes) is 31. The second-order valence-corrected chi connectivity index (χ2v) is 18.1. The Bertz CT molecular complexity index is 923. The summed E-state index contributed by atoms with van der Waals surface area (Å²) in [6.45, 7) is 4.79. The van der Waals surface area contributed by atoms with Gasteiger partial charge in [-0.3, -0.25) is 9.59 Å². The number of likely N-dealkylation sites (N-methyl/N-ethyl adjacent to an activating group) is 1. The van der Waals surface area contributed by atoms with Crippen molar-refractivity contribution in [1.29, 1.82) is 0 Å². The zero-order valence-electron chi connectivity index (χ0n) is 38.9. The zero-order valence-corrected chi connectivity index (χ0v) is 38.9. The van der Waals surface area contributed by atoms with E-state index in [1.54, 1.807) is 0 Å². The molecule has 0 spiro atoms. The number of carbonyl (C=O) groups excluding carboxylic acids is 3. The highest BCUT2D eigenvalue weighted by Gasteiger charge is 2.22. The minimum atomic E-state index is -1.61. The van der Waals surface area contributed by atoms with Crippen LogP contribution in [-0.4, -0.2) is 82.3 Å². The lowest BCUT2D eigenvalue weighted by atomic mass is 10.0. The van der Waals surface area contributed by atoms with Crippen LogP contribution in [0.5, 0.6) is 0 Å². The van der Waals surface area contributed by atoms with Gasteiger partial charge >= 0.3 is 11.9 Å². The van der Waals surface area contributed by atoms with E-state index < -0.39 is 24.3 Å². The third-order valence-corrected chi connectivity index (χ3v) is 11.1. The van der Waals surface area contributed by atoms with Gasteiger partial charge in [-0.05, 0) is 12.8 Å². The van der Waals surface area contributed by atoms with Gasteiger partial charge in [0.25, 0.3) is 0 Å². The van der Waals surface area contributed by atoms with Gasteiger partial charge in [-0.1, -0.05) is 213 Å². The third-order valence-electron chi connectivity index (χ3n) is 11.1. The molecule has 0 aromatic heterocycles. The topological polar surface area (TPSA) is 111 Å². The van der Waals surface area contributed by atoms with Gasteiger partial charge in [0.05, 0.1) is 40.3 Å². The lowest BCUT2D eigenvalue weighted by Gasteiger charge is -2.26. The molecule has 0 saturated carbocycles. The van der Waals surface area contributed by atoms with Crippen LogP contribution < -0.4 is 5.11 Å². The van der Waals surface area contributed by atoms with Gasteiger partial charge in [-0.25, -0.2) is 0 Å². The normalized spacial score (nSPS) is 12.8. The second kappa shape index (κ2) is 42.0. The standard InChI is InChI=1S/C49H95NO8/c1-6-8-10-12-14-16-18-20-22-23-24-25-26-28-30-32-34-36-38-40-47(52)58-45(44-57-49(48(53)54)55-42-41-50(3,4)5)43-56-46(51)39-37-35-33-31-29-27-21-19-17-15-13-11-9-7-2/h45,49H,6-44H2,1-5H3. The van der Waals surface area contributed by atoms with Gasteiger partial charge < -0.3 is 33.3 Å². The molecule has 0 heterocycles. The molecular formula is C49H95NO8. The summed E-state index contributed by atoms with van der Waals surface area (Å²) in [5, 5.41) is 11.7. The van der Waals surface area contributed by atoms with Gasteiger partial charge in [0.15, 0.2) is 12.4 Å². The van der Waals surface area contributed by atoms with Gasteiger partial charge in [-0.15, -0.1) is 0 Å². The Morgan fingerprint density at radius 2 is 0.776 bits per heavy atom. The van der Waals surface area contributed by atoms with Crippen molar-refractivity contribution < 1.29 is 42.9 Å². The molecule has 2 unspecified atom stereocenters. The number of hydrogen-bond donors (Lipinski definition) is 0. The maximum atomic E-state index is 12.8. The molecule has 0 aromatic rings. The van der Waals surface area contributed by atoms with Crippen LogP contribution in [0.15, 0.2) is 0 Å². The van der Waals surface area contributed by atoms with Crippen LogP contribution in [0.4, 0.5) is 0 Å². The van der Waals surface area contributed by atoms with Crippen molar-refractivity contribution >= 4 is 17.9 Å². The maximum absolute atomic E-state index is 12.8. The van der Waals surface area contributed by atoms with E-state index in [9.17, 15) is 19.5 Å². The Morgan fingerprint density at radius 3 is 1.10 bits per heavy atom. The fourth-order valence-corrected chi connectivity index (χ4v) is 7.24. The number of carbonyl (C=O) groups is 3. The minimum absolute atomic E-state index is 0.153. The van der Waals surface area contributed by atoms with Gasteiger partial charge in [0.2, 0.25) is 0 Å². The van der Waals surface area contributed by atoms with E-state index in [4.69, 9.17) is 18.9 Å². The van der Waals surface area contributed by atoms with E-state index in [1.807, 2.05) is 21.1 Å². The quantitative estimate of drug-likeness (QED) is 0.0258. The molecule has 2 atom stereocenters. The van der Waals surface area contributed by atoms with E-state index >= 15 is 0 Å². The molecule has 0 saturated heterocycles. The first-order chi connectivity index (χ1) is 28.1. The summed E-state index contributed by atoms with van der Waals surface area (Å²) in [7, 11) is 5.92. The van der Waals surface area contributed by atoms with Crippen molar-refractivity contribution in [2.24, 2.45) is 0 Å². The number of aliphatic carboxylic acids is 1. The van der Waals surface area contributed by atoms with Crippen LogP contribution in [0.3, 0.4) is 0 Å². The molecule has 9 nitrogen and oxygen atoms in total. The average molecular weight is 826 g/mol. The number of hydrogen-bond acceptors (Lipinski definition) is 8. The largest absolute Gasteiger partial charge is 0.545 e. The summed E-state index contributed by atoms with van der Waals surface area (Å²) in [6, 6.07) is 0. The summed E-state index contributed by atoms with van der Waals surface area (Å²) in [5.74, 6) is -2.26. The fourth-order valence-electron chi connectivity index (χ4n) is 7.24. The van der Waals surface area contributed by atoms with Crippen LogP contribution >= 0.6 is 0 Å². The second-order valence-electron chi connectivity index (χ2n) is 18.1. The molecule has 0 bridgehead atoms. The Labute approximate surface area is 358 Å². The molecule has 0 radical (unpaired) electrons. The van der Waals surface area contributed by atoms with Crippen LogP contribution in [0.25, 0.3) is 0 Å². The number of ether oxygens (including phenoxy) is 4. The molecule has 0 rings (SSSR count). The number of nitrogens with zero attached hydrogens (tertiary/aromatic N) is 1. The minimum Gasteiger partial charge on any atom is -0.545 e. The lowest BCUT2D eigenvalue weighted by molar-refractivity contribution is -0.870. The third kappa shape index (κ3) is 42.4. The highest BCUT2D eigenvalue weighted by molar-refractivity contribution is 5.70. The van der Waals surface area contributed by atoms with E-state index in [0.717, 1.165) is 38.5 Å². The molecule has 0 aliphatic carbocycles. The maximum Gasteiger partial charge on any atom is 0.306 e. The van der Waals surface area contributed by atoms with Gasteiger partial charge in [0, 0.05) is 12.8 Å². The number of esters is 2. The highest BCUT2D eigenvalue weighted by Crippen LogP contribution is 2.17. The number of rotatable bonds is 46. The molecule has 0 amide bonds. The Morgan fingerprint density at radius 1 is 0.448 bits per heavy atom. The number of carboxylic acids is 1. The molecule has 58 heavy (non-hydrogen) atoms. The Kier molecular flexibility index (Phi) is 40.8. The smallest absolute Gasteiger partial charge is 0.306 e. The summed E-state index contributed by atoms with van der Waals surface area (Å²) < 4.78 is 22.6. The van der Waals surface area contributed by atoms with Crippen molar-refractivity contribution in [3.63, 3.8) is 0 Å². The van der Waals surface area contributed by atoms with E-state index in [1.165, 1.54) is 173 Å². The summed E-state index contributed by atoms with van der Waals surface area (Å²) in [5.41, 5.74) is 0. The number of quaternary nitrogens is 1. The first kappa shape index (κ1) is 56.3. The van der Waals surface area contributed by atoms with E-state index in [2.05, 4.69) is 13.8 Å². The molecule has 0 aromatic carbocycles.